The third kappa shape index (κ3) is 1.82. The van der Waals surface area contributed by atoms with E-state index in [1.165, 1.54) is 0 Å². The topological polar surface area (TPSA) is 42.7 Å². The molecule has 1 N–H and O–H groups in total. The van der Waals surface area contributed by atoms with E-state index in [0.29, 0.717) is 0 Å². The highest BCUT2D eigenvalue weighted by Crippen LogP contribution is 2.24. The number of nitrogens with zero attached hydrogens (tertiary/aromatic N) is 3. The van der Waals surface area contributed by atoms with Gasteiger partial charge in [-0.2, -0.15) is 5.10 Å². The number of nitrogens with one attached hydrogen (secondary N) is 1. The molecule has 0 spiro atoms. The van der Waals surface area contributed by atoms with Gasteiger partial charge in [0.25, 0.3) is 0 Å². The minimum absolute atomic E-state index is 0.876. The standard InChI is InChI=1S/C14H14N4/c1-15-14-8-12-7-10(3-4-11(12)9-16-14)13-5-6-18(2)17-13/h3-9H,1-2H3,(H,15,16). The van der Waals surface area contributed by atoms with Gasteiger partial charge in [0.1, 0.15) is 5.82 Å². The van der Waals surface area contributed by atoms with Crippen LogP contribution in [0.25, 0.3) is 22.0 Å². The fourth-order valence-corrected chi connectivity index (χ4v) is 2.01. The molecule has 3 aromatic rings. The van der Waals surface area contributed by atoms with Gasteiger partial charge in [0.2, 0.25) is 0 Å². The Labute approximate surface area is 105 Å². The van der Waals surface area contributed by atoms with Crippen molar-refractivity contribution in [2.24, 2.45) is 7.05 Å². The lowest BCUT2D eigenvalue weighted by atomic mass is 10.1. The van der Waals surface area contributed by atoms with Crippen molar-refractivity contribution in [2.45, 2.75) is 0 Å². The smallest absolute Gasteiger partial charge is 0.126 e. The molecule has 3 rings (SSSR count). The summed E-state index contributed by atoms with van der Waals surface area (Å²) >= 11 is 0. The number of anilines is 1. The minimum atomic E-state index is 0.876. The fourth-order valence-electron chi connectivity index (χ4n) is 2.01. The first-order valence-corrected chi connectivity index (χ1v) is 5.84. The quantitative estimate of drug-likeness (QED) is 0.746. The van der Waals surface area contributed by atoms with Crippen molar-refractivity contribution in [1.82, 2.24) is 14.8 Å². The van der Waals surface area contributed by atoms with E-state index in [4.69, 9.17) is 0 Å². The lowest BCUT2D eigenvalue weighted by Crippen LogP contribution is -1.91. The van der Waals surface area contributed by atoms with Crippen LogP contribution in [0.15, 0.2) is 42.7 Å². The molecule has 0 bridgehead atoms. The lowest BCUT2D eigenvalue weighted by Gasteiger charge is -2.03. The molecule has 0 saturated carbocycles. The molecule has 0 atom stereocenters. The lowest BCUT2D eigenvalue weighted by molar-refractivity contribution is 0.771. The molecule has 2 heterocycles. The molecule has 0 fully saturated rings. The molecule has 0 aliphatic rings. The number of fused-ring (bicyclic) bond motifs is 1. The van der Waals surface area contributed by atoms with Crippen molar-refractivity contribution in [1.29, 1.82) is 0 Å². The molecule has 90 valence electrons. The fraction of sp³-hybridized carbons (Fsp3) is 0.143. The normalized spacial score (nSPS) is 10.8. The van der Waals surface area contributed by atoms with Crippen LogP contribution in [-0.4, -0.2) is 21.8 Å². The van der Waals surface area contributed by atoms with Crippen LogP contribution in [-0.2, 0) is 7.05 Å². The van der Waals surface area contributed by atoms with E-state index in [-0.39, 0.29) is 0 Å². The van der Waals surface area contributed by atoms with Crippen LogP contribution in [0.4, 0.5) is 5.82 Å². The predicted molar refractivity (Wildman–Crippen MR) is 73.5 cm³/mol. The second-order valence-electron chi connectivity index (χ2n) is 4.26. The van der Waals surface area contributed by atoms with E-state index >= 15 is 0 Å². The van der Waals surface area contributed by atoms with Gasteiger partial charge in [-0.3, -0.25) is 4.68 Å². The van der Waals surface area contributed by atoms with Crippen molar-refractivity contribution in [3.63, 3.8) is 0 Å². The van der Waals surface area contributed by atoms with Gasteiger partial charge in [0.05, 0.1) is 5.69 Å². The summed E-state index contributed by atoms with van der Waals surface area (Å²) in [6.07, 6.45) is 3.83. The van der Waals surface area contributed by atoms with Crippen LogP contribution in [0.1, 0.15) is 0 Å². The Morgan fingerprint density at radius 1 is 1.11 bits per heavy atom. The summed E-state index contributed by atoms with van der Waals surface area (Å²) in [5.41, 5.74) is 2.11. The third-order valence-electron chi connectivity index (χ3n) is 2.99. The number of benzene rings is 1. The van der Waals surface area contributed by atoms with Crippen LogP contribution in [0.2, 0.25) is 0 Å². The highest BCUT2D eigenvalue weighted by Gasteiger charge is 2.03. The summed E-state index contributed by atoms with van der Waals surface area (Å²) in [6, 6.07) is 10.3. The van der Waals surface area contributed by atoms with Gasteiger partial charge < -0.3 is 5.32 Å². The van der Waals surface area contributed by atoms with E-state index in [1.807, 2.05) is 43.3 Å². The second kappa shape index (κ2) is 4.14. The molecule has 4 heteroatoms. The maximum atomic E-state index is 4.42. The largest absolute Gasteiger partial charge is 0.373 e. The zero-order chi connectivity index (χ0) is 12.5. The van der Waals surface area contributed by atoms with E-state index in [1.54, 1.807) is 0 Å². The summed E-state index contributed by atoms with van der Waals surface area (Å²) in [5.74, 6) is 0.876. The van der Waals surface area contributed by atoms with Gasteiger partial charge in [-0.25, -0.2) is 4.98 Å². The zero-order valence-corrected chi connectivity index (χ0v) is 10.4. The Morgan fingerprint density at radius 3 is 2.72 bits per heavy atom. The van der Waals surface area contributed by atoms with Crippen LogP contribution >= 0.6 is 0 Å². The number of pyridine rings is 1. The molecule has 4 nitrogen and oxygen atoms in total. The zero-order valence-electron chi connectivity index (χ0n) is 10.4. The number of hydrogen-bond acceptors (Lipinski definition) is 3. The van der Waals surface area contributed by atoms with Crippen molar-refractivity contribution >= 4 is 16.6 Å². The molecule has 0 radical (unpaired) electrons. The van der Waals surface area contributed by atoms with Gasteiger partial charge in [0, 0.05) is 37.4 Å². The van der Waals surface area contributed by atoms with E-state index in [2.05, 4.69) is 33.6 Å². The van der Waals surface area contributed by atoms with Crippen molar-refractivity contribution < 1.29 is 0 Å². The average molecular weight is 238 g/mol. The molecule has 2 aromatic heterocycles. The Morgan fingerprint density at radius 2 is 2.00 bits per heavy atom. The number of hydrogen-bond donors (Lipinski definition) is 1. The summed E-state index contributed by atoms with van der Waals surface area (Å²) in [6.45, 7) is 0. The molecule has 0 saturated heterocycles. The highest BCUT2D eigenvalue weighted by molar-refractivity contribution is 5.87. The Hall–Kier alpha value is -2.36. The Balaban J connectivity index is 2.14. The van der Waals surface area contributed by atoms with Crippen molar-refractivity contribution in [3.05, 3.63) is 42.7 Å². The molecule has 0 amide bonds. The second-order valence-corrected chi connectivity index (χ2v) is 4.26. The molecular formula is C14H14N4. The van der Waals surface area contributed by atoms with Gasteiger partial charge in [0.15, 0.2) is 0 Å². The molecule has 1 aromatic carbocycles. The maximum Gasteiger partial charge on any atom is 0.126 e. The molecule has 0 unspecified atom stereocenters. The summed E-state index contributed by atoms with van der Waals surface area (Å²) < 4.78 is 1.81. The number of aryl methyl sites for hydroxylation is 1. The van der Waals surface area contributed by atoms with Gasteiger partial charge in [-0.15, -0.1) is 0 Å². The predicted octanol–water partition coefficient (Wildman–Crippen LogP) is 2.68. The van der Waals surface area contributed by atoms with Crippen LogP contribution in [0.3, 0.4) is 0 Å². The monoisotopic (exact) mass is 238 g/mol. The minimum Gasteiger partial charge on any atom is -0.373 e. The van der Waals surface area contributed by atoms with E-state index in [0.717, 1.165) is 27.8 Å². The summed E-state index contributed by atoms with van der Waals surface area (Å²) in [5, 5.41) is 9.76. The van der Waals surface area contributed by atoms with Gasteiger partial charge >= 0.3 is 0 Å². The number of rotatable bonds is 2. The Bertz CT molecular complexity index is 700. The first-order valence-electron chi connectivity index (χ1n) is 5.84. The summed E-state index contributed by atoms with van der Waals surface area (Å²) in [7, 11) is 3.80. The van der Waals surface area contributed by atoms with Gasteiger partial charge in [-0.1, -0.05) is 12.1 Å². The Kier molecular flexibility index (Phi) is 2.48. The maximum absolute atomic E-state index is 4.42. The average Bonchev–Trinajstić information content (AvgIpc) is 2.84. The first-order chi connectivity index (χ1) is 8.76. The molecule has 18 heavy (non-hydrogen) atoms. The number of aromatic nitrogens is 3. The van der Waals surface area contributed by atoms with Gasteiger partial charge in [-0.05, 0) is 23.6 Å². The van der Waals surface area contributed by atoms with Crippen LogP contribution in [0.5, 0.6) is 0 Å². The van der Waals surface area contributed by atoms with Crippen molar-refractivity contribution in [2.75, 3.05) is 12.4 Å². The molecular weight excluding hydrogens is 224 g/mol. The van der Waals surface area contributed by atoms with Crippen LogP contribution in [0, 0.1) is 0 Å². The van der Waals surface area contributed by atoms with E-state index < -0.39 is 0 Å². The van der Waals surface area contributed by atoms with Crippen LogP contribution < -0.4 is 5.32 Å². The summed E-state index contributed by atoms with van der Waals surface area (Å²) in [4.78, 5) is 4.30. The first kappa shape index (κ1) is 10.8. The highest BCUT2D eigenvalue weighted by atomic mass is 15.2. The molecule has 0 aliphatic heterocycles. The SMILES string of the molecule is CNc1cc2cc(-c3ccn(C)n3)ccc2cn1. The van der Waals surface area contributed by atoms with E-state index in [9.17, 15) is 0 Å². The van der Waals surface area contributed by atoms with Crippen molar-refractivity contribution in [3.8, 4) is 11.3 Å². The molecule has 0 aliphatic carbocycles. The third-order valence-corrected chi connectivity index (χ3v) is 2.99.